The van der Waals surface area contributed by atoms with Gasteiger partial charge in [-0.2, -0.15) is 10.5 Å². The standard InChI is InChI=1S/C23H24ClN3O5.C18H16ClN3O3/c1-23(2,3)32-22(30)27-19(21(29)31-4)12-14-5-8-16(9-6-14)26-20(28)17-11-15(13-25)7-10-18(17)24;1-25-18(24)16(21)9-11-2-5-13(6-3-11)22-17(23)14-8-12(10-20)4-7-15(14)19/h5-11,19H,12H2,1-4H3,(H,26,28)(H,27,30);2-8,16H,9,21H2,1H3,(H,22,23). The molecule has 0 aromatic heterocycles. The van der Waals surface area contributed by atoms with Gasteiger partial charge in [-0.15, -0.1) is 0 Å². The number of rotatable bonds is 11. The van der Waals surface area contributed by atoms with E-state index in [1.54, 1.807) is 75.4 Å². The molecule has 0 aliphatic rings. The molecule has 0 saturated carbocycles. The molecule has 16 heteroatoms. The number of hydrogen-bond donors (Lipinski definition) is 4. The van der Waals surface area contributed by atoms with E-state index in [4.69, 9.17) is 48.9 Å². The Kier molecular flexibility index (Phi) is 16.6. The topological polar surface area (TPSA) is 223 Å². The molecule has 4 aromatic carbocycles. The first-order chi connectivity index (χ1) is 27.0. The minimum atomic E-state index is -0.942. The molecule has 0 saturated heterocycles. The number of anilines is 2. The average molecular weight is 816 g/mol. The minimum Gasteiger partial charge on any atom is -0.468 e. The first-order valence-corrected chi connectivity index (χ1v) is 17.8. The number of carbonyl (C=O) groups excluding carboxylic acids is 5. The van der Waals surface area contributed by atoms with E-state index in [-0.39, 0.29) is 27.6 Å². The molecule has 14 nitrogen and oxygen atoms in total. The van der Waals surface area contributed by atoms with Gasteiger partial charge < -0.3 is 35.9 Å². The number of benzene rings is 4. The number of carbonyl (C=O) groups is 5. The Morgan fingerprint density at radius 2 is 1.11 bits per heavy atom. The number of alkyl carbamates (subject to hydrolysis) is 1. The van der Waals surface area contributed by atoms with Crippen LogP contribution in [0, 0.1) is 22.7 Å². The second-order valence-corrected chi connectivity index (χ2v) is 14.0. The number of hydrogen-bond acceptors (Lipinski definition) is 11. The Morgan fingerprint density at radius 1 is 0.684 bits per heavy atom. The van der Waals surface area contributed by atoms with Crippen molar-refractivity contribution in [1.82, 2.24) is 5.32 Å². The summed E-state index contributed by atoms with van der Waals surface area (Å²) in [6, 6.07) is 24.8. The number of esters is 2. The molecule has 5 N–H and O–H groups in total. The molecule has 296 valence electrons. The maximum absolute atomic E-state index is 12.5. The predicted octanol–water partition coefficient (Wildman–Crippen LogP) is 6.58. The molecule has 4 aromatic rings. The van der Waals surface area contributed by atoms with Gasteiger partial charge in [-0.1, -0.05) is 47.5 Å². The van der Waals surface area contributed by atoms with E-state index in [1.165, 1.54) is 44.6 Å². The molecular weight excluding hydrogens is 775 g/mol. The number of nitrogens with one attached hydrogen (secondary N) is 3. The summed E-state index contributed by atoms with van der Waals surface area (Å²) in [5.74, 6) is -1.97. The highest BCUT2D eigenvalue weighted by Crippen LogP contribution is 2.22. The van der Waals surface area contributed by atoms with Crippen molar-refractivity contribution in [2.45, 2.75) is 51.3 Å². The number of amides is 3. The first kappa shape index (κ1) is 44.9. The van der Waals surface area contributed by atoms with Crippen LogP contribution in [0.1, 0.15) is 63.7 Å². The predicted molar refractivity (Wildman–Crippen MR) is 214 cm³/mol. The van der Waals surface area contributed by atoms with Crippen LogP contribution in [-0.2, 0) is 36.6 Å². The van der Waals surface area contributed by atoms with E-state index < -0.39 is 47.5 Å². The molecule has 2 atom stereocenters. The van der Waals surface area contributed by atoms with Crippen molar-refractivity contribution in [3.05, 3.63) is 128 Å². The molecule has 0 aliphatic heterocycles. The Labute approximate surface area is 339 Å². The number of nitrogens with two attached hydrogens (primary N) is 1. The van der Waals surface area contributed by atoms with Gasteiger partial charge in [0.2, 0.25) is 0 Å². The van der Waals surface area contributed by atoms with E-state index in [1.807, 2.05) is 12.1 Å². The quantitative estimate of drug-likeness (QED) is 0.0935. The van der Waals surface area contributed by atoms with Crippen LogP contribution in [-0.4, -0.2) is 61.8 Å². The van der Waals surface area contributed by atoms with Gasteiger partial charge in [0.25, 0.3) is 11.8 Å². The molecule has 0 bridgehead atoms. The number of halogens is 2. The van der Waals surface area contributed by atoms with Gasteiger partial charge in [-0.05, 0) is 99.0 Å². The number of ether oxygens (including phenoxy) is 3. The van der Waals surface area contributed by atoms with Crippen LogP contribution in [0.25, 0.3) is 0 Å². The van der Waals surface area contributed by atoms with Gasteiger partial charge in [0.15, 0.2) is 0 Å². The third-order valence-electron chi connectivity index (χ3n) is 7.68. The Hall–Kier alpha value is -6.45. The zero-order valence-electron chi connectivity index (χ0n) is 31.6. The summed E-state index contributed by atoms with van der Waals surface area (Å²) in [7, 11) is 2.52. The fourth-order valence-electron chi connectivity index (χ4n) is 4.89. The van der Waals surface area contributed by atoms with Gasteiger partial charge in [0.1, 0.15) is 17.7 Å². The highest BCUT2D eigenvalue weighted by molar-refractivity contribution is 6.35. The van der Waals surface area contributed by atoms with E-state index >= 15 is 0 Å². The smallest absolute Gasteiger partial charge is 0.408 e. The average Bonchev–Trinajstić information content (AvgIpc) is 3.18. The van der Waals surface area contributed by atoms with Gasteiger partial charge in [0.05, 0.1) is 58.7 Å². The molecule has 57 heavy (non-hydrogen) atoms. The fourth-order valence-corrected chi connectivity index (χ4v) is 5.30. The molecular formula is C41H40Cl2N6O8. The van der Waals surface area contributed by atoms with Crippen LogP contribution < -0.4 is 21.7 Å². The molecule has 3 amide bonds. The minimum absolute atomic E-state index is 0.163. The van der Waals surface area contributed by atoms with E-state index in [0.717, 1.165) is 11.1 Å². The number of nitrogens with zero attached hydrogens (tertiary/aromatic N) is 2. The first-order valence-electron chi connectivity index (χ1n) is 17.1. The second-order valence-electron chi connectivity index (χ2n) is 13.2. The third-order valence-corrected chi connectivity index (χ3v) is 8.34. The van der Waals surface area contributed by atoms with E-state index in [9.17, 15) is 24.0 Å². The Bertz CT molecular complexity index is 2180. The zero-order chi connectivity index (χ0) is 42.3. The monoisotopic (exact) mass is 814 g/mol. The van der Waals surface area contributed by atoms with Crippen molar-refractivity contribution < 1.29 is 38.2 Å². The zero-order valence-corrected chi connectivity index (χ0v) is 33.2. The van der Waals surface area contributed by atoms with Crippen molar-refractivity contribution in [2.75, 3.05) is 24.9 Å². The van der Waals surface area contributed by atoms with E-state index in [0.29, 0.717) is 28.9 Å². The maximum Gasteiger partial charge on any atom is 0.408 e. The summed E-state index contributed by atoms with van der Waals surface area (Å²) < 4.78 is 14.5. The van der Waals surface area contributed by atoms with Crippen LogP contribution in [0.3, 0.4) is 0 Å². The lowest BCUT2D eigenvalue weighted by molar-refractivity contribution is -0.143. The Morgan fingerprint density at radius 3 is 1.49 bits per heavy atom. The fraction of sp³-hybridized carbons (Fsp3) is 0.244. The van der Waals surface area contributed by atoms with Crippen molar-refractivity contribution in [3.8, 4) is 12.1 Å². The van der Waals surface area contributed by atoms with Gasteiger partial charge >= 0.3 is 18.0 Å². The number of methoxy groups -OCH3 is 2. The van der Waals surface area contributed by atoms with Gasteiger partial charge in [-0.25, -0.2) is 9.59 Å². The van der Waals surface area contributed by atoms with Crippen LogP contribution in [0.15, 0.2) is 84.9 Å². The summed E-state index contributed by atoms with van der Waals surface area (Å²) in [5, 5.41) is 26.3. The highest BCUT2D eigenvalue weighted by Gasteiger charge is 2.25. The summed E-state index contributed by atoms with van der Waals surface area (Å²) >= 11 is 12.1. The van der Waals surface area contributed by atoms with Crippen LogP contribution in [0.4, 0.5) is 16.2 Å². The van der Waals surface area contributed by atoms with Crippen molar-refractivity contribution in [3.63, 3.8) is 0 Å². The lowest BCUT2D eigenvalue weighted by Crippen LogP contribution is -2.45. The molecule has 0 fully saturated rings. The lowest BCUT2D eigenvalue weighted by atomic mass is 10.1. The van der Waals surface area contributed by atoms with Crippen LogP contribution in [0.5, 0.6) is 0 Å². The summed E-state index contributed by atoms with van der Waals surface area (Å²) in [4.78, 5) is 60.3. The molecule has 0 radical (unpaired) electrons. The van der Waals surface area contributed by atoms with Crippen molar-refractivity contribution >= 4 is 64.4 Å². The van der Waals surface area contributed by atoms with Gasteiger partial charge in [0, 0.05) is 17.8 Å². The molecule has 4 rings (SSSR count). The summed E-state index contributed by atoms with van der Waals surface area (Å²) in [5.41, 5.74) is 8.68. The van der Waals surface area contributed by atoms with E-state index in [2.05, 4.69) is 20.7 Å². The molecule has 2 unspecified atom stereocenters. The van der Waals surface area contributed by atoms with Crippen molar-refractivity contribution in [1.29, 1.82) is 10.5 Å². The van der Waals surface area contributed by atoms with Gasteiger partial charge in [-0.3, -0.25) is 14.4 Å². The molecule has 0 heterocycles. The lowest BCUT2D eigenvalue weighted by Gasteiger charge is -2.22. The maximum atomic E-state index is 12.5. The highest BCUT2D eigenvalue weighted by atomic mass is 35.5. The summed E-state index contributed by atoms with van der Waals surface area (Å²) in [6.07, 6.45) is -0.235. The largest absolute Gasteiger partial charge is 0.468 e. The summed E-state index contributed by atoms with van der Waals surface area (Å²) in [6.45, 7) is 5.16. The van der Waals surface area contributed by atoms with Crippen LogP contribution >= 0.6 is 23.2 Å². The molecule has 0 aliphatic carbocycles. The Balaban J connectivity index is 0.000000315. The van der Waals surface area contributed by atoms with Crippen LogP contribution in [0.2, 0.25) is 10.0 Å². The SMILES string of the molecule is COC(=O)C(Cc1ccc(NC(=O)c2cc(C#N)ccc2Cl)cc1)NC(=O)OC(C)(C)C.COC(=O)C(N)Cc1ccc(NC(=O)c2cc(C#N)ccc2Cl)cc1. The number of nitriles is 2. The second kappa shape index (κ2) is 21.0. The van der Waals surface area contributed by atoms with Crippen molar-refractivity contribution in [2.24, 2.45) is 5.73 Å². The normalized spacial score (nSPS) is 11.5. The molecule has 0 spiro atoms. The third kappa shape index (κ3) is 14.3.